The van der Waals surface area contributed by atoms with Crippen LogP contribution in [-0.4, -0.2) is 6.18 Å². The number of benzene rings is 2. The number of rotatable bonds is 2. The molecule has 3 rings (SSSR count). The van der Waals surface area contributed by atoms with Crippen LogP contribution in [0.2, 0.25) is 10.0 Å². The van der Waals surface area contributed by atoms with E-state index in [2.05, 4.69) is 0 Å². The summed E-state index contributed by atoms with van der Waals surface area (Å²) in [7, 11) is 0. The average Bonchev–Trinajstić information content (AvgIpc) is 2.56. The summed E-state index contributed by atoms with van der Waals surface area (Å²) in [5, 5.41) is 0.540. The Morgan fingerprint density at radius 1 is 0.880 bits per heavy atom. The maximum atomic E-state index is 13.9. The summed E-state index contributed by atoms with van der Waals surface area (Å²) in [6.07, 6.45) is -0.901. The van der Waals surface area contributed by atoms with Gasteiger partial charge < -0.3 is 0 Å². The van der Waals surface area contributed by atoms with Crippen LogP contribution in [0.25, 0.3) is 11.1 Å². The van der Waals surface area contributed by atoms with Crippen LogP contribution < -0.4 is 0 Å². The van der Waals surface area contributed by atoms with E-state index >= 15 is 0 Å². The highest BCUT2D eigenvalue weighted by atomic mass is 35.5. The Morgan fingerprint density at radius 2 is 1.52 bits per heavy atom. The molecule has 25 heavy (non-hydrogen) atoms. The van der Waals surface area contributed by atoms with E-state index in [0.29, 0.717) is 22.6 Å². The summed E-state index contributed by atoms with van der Waals surface area (Å²) >= 11 is 11.9. The van der Waals surface area contributed by atoms with Gasteiger partial charge in [-0.2, -0.15) is 13.2 Å². The van der Waals surface area contributed by atoms with E-state index in [9.17, 15) is 13.2 Å². The van der Waals surface area contributed by atoms with Gasteiger partial charge in [-0.1, -0.05) is 65.2 Å². The molecule has 1 aliphatic rings. The van der Waals surface area contributed by atoms with Crippen molar-refractivity contribution >= 4 is 34.3 Å². The molecule has 0 amide bonds. The molecule has 1 aliphatic carbocycles. The van der Waals surface area contributed by atoms with Crippen molar-refractivity contribution in [2.75, 3.05) is 0 Å². The molecule has 0 atom stereocenters. The third-order valence-corrected chi connectivity index (χ3v) is 4.80. The van der Waals surface area contributed by atoms with Gasteiger partial charge in [-0.15, -0.1) is 0 Å². The molecule has 0 bridgehead atoms. The number of halogens is 5. The molecular weight excluding hydrogens is 368 g/mol. The maximum Gasteiger partial charge on any atom is 0.417 e. The zero-order valence-corrected chi connectivity index (χ0v) is 14.8. The molecule has 0 spiro atoms. The van der Waals surface area contributed by atoms with Gasteiger partial charge in [-0.25, -0.2) is 0 Å². The molecule has 0 aliphatic heterocycles. The number of allylic oxidation sites excluding steroid dienone is 4. The highest BCUT2D eigenvalue weighted by Crippen LogP contribution is 2.46. The molecule has 2 aromatic rings. The fraction of sp³-hybridized carbons (Fsp3) is 0.150. The van der Waals surface area contributed by atoms with Gasteiger partial charge in [-0.3, -0.25) is 0 Å². The van der Waals surface area contributed by atoms with Crippen molar-refractivity contribution in [1.82, 2.24) is 0 Å². The Bertz CT molecular complexity index is 860. The van der Waals surface area contributed by atoms with Crippen molar-refractivity contribution in [3.05, 3.63) is 87.3 Å². The predicted molar refractivity (Wildman–Crippen MR) is 97.5 cm³/mol. The molecule has 0 aromatic heterocycles. The first kappa shape index (κ1) is 18.1. The van der Waals surface area contributed by atoms with Crippen LogP contribution in [0.1, 0.15) is 23.1 Å². The van der Waals surface area contributed by atoms with Crippen molar-refractivity contribution in [2.24, 2.45) is 0 Å². The first-order valence-electron chi connectivity index (χ1n) is 7.65. The lowest BCUT2D eigenvalue weighted by atomic mass is 9.83. The fourth-order valence-electron chi connectivity index (χ4n) is 2.87. The highest BCUT2D eigenvalue weighted by molar-refractivity contribution is 6.42. The van der Waals surface area contributed by atoms with Crippen LogP contribution in [0.4, 0.5) is 13.2 Å². The summed E-state index contributed by atoms with van der Waals surface area (Å²) in [5.41, 5.74) is 1.61. The number of hydrogen-bond acceptors (Lipinski definition) is 0. The van der Waals surface area contributed by atoms with Gasteiger partial charge in [0, 0.05) is 0 Å². The Hall–Kier alpha value is -1.71. The molecule has 1 radical (unpaired) electrons. The normalized spacial score (nSPS) is 15.4. The SMILES string of the molecule is Cc1ccc(C2=CC[CH]C(c3ccc(Cl)c(Cl)c3)=C2C(F)(F)F)cc1. The van der Waals surface area contributed by atoms with Crippen LogP contribution >= 0.6 is 23.2 Å². The number of alkyl halides is 3. The van der Waals surface area contributed by atoms with E-state index in [4.69, 9.17) is 23.2 Å². The molecule has 129 valence electrons. The molecule has 0 N–H and O–H groups in total. The van der Waals surface area contributed by atoms with Crippen molar-refractivity contribution in [3.63, 3.8) is 0 Å². The first-order valence-corrected chi connectivity index (χ1v) is 8.40. The minimum atomic E-state index is -4.49. The molecule has 2 aromatic carbocycles. The van der Waals surface area contributed by atoms with Crippen LogP contribution in [-0.2, 0) is 0 Å². The van der Waals surface area contributed by atoms with Crippen LogP contribution in [0.15, 0.2) is 54.1 Å². The Kier molecular flexibility index (Phi) is 4.99. The highest BCUT2D eigenvalue weighted by Gasteiger charge is 2.40. The first-order chi connectivity index (χ1) is 11.8. The van der Waals surface area contributed by atoms with Crippen LogP contribution in [0, 0.1) is 13.3 Å². The smallest absolute Gasteiger partial charge is 0.166 e. The van der Waals surface area contributed by atoms with Crippen molar-refractivity contribution in [1.29, 1.82) is 0 Å². The second-order valence-electron chi connectivity index (χ2n) is 5.84. The van der Waals surface area contributed by atoms with Crippen LogP contribution in [0.5, 0.6) is 0 Å². The lowest BCUT2D eigenvalue weighted by Crippen LogP contribution is -2.18. The van der Waals surface area contributed by atoms with Gasteiger partial charge in [0.2, 0.25) is 0 Å². The van der Waals surface area contributed by atoms with Gasteiger partial charge in [0.05, 0.1) is 15.6 Å². The van der Waals surface area contributed by atoms with Gasteiger partial charge >= 0.3 is 6.18 Å². The zero-order valence-electron chi connectivity index (χ0n) is 13.3. The summed E-state index contributed by atoms with van der Waals surface area (Å²) in [4.78, 5) is 0. The average molecular weight is 382 g/mol. The van der Waals surface area contributed by atoms with E-state index in [1.165, 1.54) is 12.1 Å². The Labute approximate surface area is 154 Å². The Balaban J connectivity index is 2.19. The van der Waals surface area contributed by atoms with Gasteiger partial charge in [-0.05, 0) is 54.2 Å². The van der Waals surface area contributed by atoms with Gasteiger partial charge in [0.25, 0.3) is 0 Å². The second kappa shape index (κ2) is 6.89. The maximum absolute atomic E-state index is 13.9. The third-order valence-electron chi connectivity index (χ3n) is 4.06. The minimum absolute atomic E-state index is 0.129. The standard InChI is InChI=1S/C20H14Cl2F3/c1-12-5-7-13(8-6-12)15-3-2-4-16(19(15)20(23,24)25)14-9-10-17(21)18(22)11-14/h3-11H,2H2,1H3. The fourth-order valence-corrected chi connectivity index (χ4v) is 3.17. The van der Waals surface area contributed by atoms with Crippen molar-refractivity contribution < 1.29 is 13.2 Å². The van der Waals surface area contributed by atoms with Crippen LogP contribution in [0.3, 0.4) is 0 Å². The lowest BCUT2D eigenvalue weighted by Gasteiger charge is -2.25. The summed E-state index contributed by atoms with van der Waals surface area (Å²) in [5.74, 6) is 0. The Morgan fingerprint density at radius 3 is 2.12 bits per heavy atom. The number of aryl methyl sites for hydroxylation is 1. The number of hydrogen-bond donors (Lipinski definition) is 0. The van der Waals surface area contributed by atoms with E-state index in [1.54, 1.807) is 42.8 Å². The van der Waals surface area contributed by atoms with Gasteiger partial charge in [0.1, 0.15) is 0 Å². The summed E-state index contributed by atoms with van der Waals surface area (Å²) in [6, 6.07) is 11.6. The summed E-state index contributed by atoms with van der Waals surface area (Å²) in [6.45, 7) is 1.90. The molecule has 0 fully saturated rings. The largest absolute Gasteiger partial charge is 0.417 e. The molecule has 0 unspecified atom stereocenters. The summed E-state index contributed by atoms with van der Waals surface area (Å²) < 4.78 is 41.7. The zero-order chi connectivity index (χ0) is 18.2. The lowest BCUT2D eigenvalue weighted by molar-refractivity contribution is -0.0866. The molecule has 0 heterocycles. The van der Waals surface area contributed by atoms with Crippen molar-refractivity contribution in [3.8, 4) is 0 Å². The molecule has 0 saturated carbocycles. The molecule has 0 nitrogen and oxygen atoms in total. The molecular formula is C20H14Cl2F3. The van der Waals surface area contributed by atoms with E-state index < -0.39 is 11.7 Å². The van der Waals surface area contributed by atoms with Gasteiger partial charge in [0.15, 0.2) is 0 Å². The molecule has 0 saturated heterocycles. The quantitative estimate of drug-likeness (QED) is 0.511. The second-order valence-corrected chi connectivity index (χ2v) is 6.65. The van der Waals surface area contributed by atoms with E-state index in [1.807, 2.05) is 6.92 Å². The van der Waals surface area contributed by atoms with E-state index in [-0.39, 0.29) is 16.2 Å². The molecule has 5 heteroatoms. The monoisotopic (exact) mass is 381 g/mol. The van der Waals surface area contributed by atoms with E-state index in [0.717, 1.165) is 5.56 Å². The third kappa shape index (κ3) is 3.78. The minimum Gasteiger partial charge on any atom is -0.166 e. The predicted octanol–water partition coefficient (Wildman–Crippen LogP) is 7.31. The topological polar surface area (TPSA) is 0 Å². The van der Waals surface area contributed by atoms with Crippen molar-refractivity contribution in [2.45, 2.75) is 19.5 Å².